The van der Waals surface area contributed by atoms with Crippen LogP contribution < -0.4 is 5.73 Å². The molecule has 0 aliphatic rings. The van der Waals surface area contributed by atoms with E-state index in [1.165, 1.54) is 10.9 Å². The number of nitrogens with two attached hydrogens (primary N) is 1. The molecule has 0 radical (unpaired) electrons. The normalized spacial score (nSPS) is 13.6. The fourth-order valence-electron chi connectivity index (χ4n) is 2.03. The summed E-state index contributed by atoms with van der Waals surface area (Å²) in [5, 5.41) is 1.18. The Morgan fingerprint density at radius 3 is 2.69 bits per heavy atom. The molecule has 1 aromatic heterocycles. The second-order valence-corrected chi connectivity index (χ2v) is 4.87. The third-order valence-corrected chi connectivity index (χ3v) is 2.89. The molecule has 0 saturated carbocycles. The molecule has 0 fully saturated rings. The van der Waals surface area contributed by atoms with Crippen molar-refractivity contribution in [3.63, 3.8) is 0 Å². The average Bonchev–Trinajstić information content (AvgIpc) is 2.61. The Balaban J connectivity index is 2.36. The second kappa shape index (κ2) is 4.30. The zero-order chi connectivity index (χ0) is 11.7. The third kappa shape index (κ3) is 2.12. The molecule has 2 aromatic rings. The molecule has 2 heteroatoms. The van der Waals surface area contributed by atoms with Crippen LogP contribution in [0.15, 0.2) is 28.7 Å². The van der Waals surface area contributed by atoms with E-state index in [0.717, 1.165) is 17.8 Å². The van der Waals surface area contributed by atoms with Crippen LogP contribution in [0.25, 0.3) is 11.0 Å². The van der Waals surface area contributed by atoms with Crippen LogP contribution in [0.5, 0.6) is 0 Å². The summed E-state index contributed by atoms with van der Waals surface area (Å²) in [6.07, 6.45) is 0.957. The largest absolute Gasteiger partial charge is 0.459 e. The Morgan fingerprint density at radius 1 is 1.31 bits per heavy atom. The minimum absolute atomic E-state index is 0.00630. The molecule has 0 aliphatic carbocycles. The molecule has 2 N–H and O–H groups in total. The Kier molecular flexibility index (Phi) is 3.01. The van der Waals surface area contributed by atoms with Gasteiger partial charge in [-0.05, 0) is 37.0 Å². The molecule has 2 rings (SSSR count). The number of fused-ring (bicyclic) bond motifs is 1. The van der Waals surface area contributed by atoms with Crippen LogP contribution in [-0.2, 0) is 0 Å². The SMILES string of the molecule is Cc1cccc2oc(C(N)CC(C)C)cc12. The maximum Gasteiger partial charge on any atom is 0.134 e. The number of furan rings is 1. The Morgan fingerprint density at radius 2 is 2.06 bits per heavy atom. The Hall–Kier alpha value is -1.28. The topological polar surface area (TPSA) is 39.2 Å². The van der Waals surface area contributed by atoms with Crippen LogP contribution >= 0.6 is 0 Å². The summed E-state index contributed by atoms with van der Waals surface area (Å²) < 4.78 is 5.79. The van der Waals surface area contributed by atoms with E-state index in [1.807, 2.05) is 12.1 Å². The van der Waals surface area contributed by atoms with Gasteiger partial charge in [-0.2, -0.15) is 0 Å². The highest BCUT2D eigenvalue weighted by atomic mass is 16.3. The first-order valence-electron chi connectivity index (χ1n) is 5.82. The molecule has 1 aromatic carbocycles. The van der Waals surface area contributed by atoms with Crippen molar-refractivity contribution in [2.75, 3.05) is 0 Å². The van der Waals surface area contributed by atoms with Crippen molar-refractivity contribution in [2.45, 2.75) is 33.2 Å². The minimum Gasteiger partial charge on any atom is -0.459 e. The smallest absolute Gasteiger partial charge is 0.134 e. The highest BCUT2D eigenvalue weighted by Crippen LogP contribution is 2.27. The Bertz CT molecular complexity index is 484. The van der Waals surface area contributed by atoms with Crippen molar-refractivity contribution in [3.8, 4) is 0 Å². The fraction of sp³-hybridized carbons (Fsp3) is 0.429. The van der Waals surface area contributed by atoms with Gasteiger partial charge in [0.2, 0.25) is 0 Å². The van der Waals surface area contributed by atoms with Crippen molar-refractivity contribution in [1.29, 1.82) is 0 Å². The first kappa shape index (κ1) is 11.2. The van der Waals surface area contributed by atoms with Crippen LogP contribution in [0.3, 0.4) is 0 Å². The summed E-state index contributed by atoms with van der Waals surface area (Å²) in [6, 6.07) is 8.19. The molecular formula is C14H19NO. The number of rotatable bonds is 3. The average molecular weight is 217 g/mol. The van der Waals surface area contributed by atoms with Crippen LogP contribution in [0.2, 0.25) is 0 Å². The molecular weight excluding hydrogens is 198 g/mol. The third-order valence-electron chi connectivity index (χ3n) is 2.89. The van der Waals surface area contributed by atoms with Crippen molar-refractivity contribution in [3.05, 3.63) is 35.6 Å². The monoisotopic (exact) mass is 217 g/mol. The summed E-state index contributed by atoms with van der Waals surface area (Å²) in [5.41, 5.74) is 8.30. The fourth-order valence-corrected chi connectivity index (χ4v) is 2.03. The lowest BCUT2D eigenvalue weighted by Crippen LogP contribution is -2.11. The van der Waals surface area contributed by atoms with E-state index in [0.29, 0.717) is 5.92 Å². The van der Waals surface area contributed by atoms with Gasteiger partial charge in [0, 0.05) is 5.39 Å². The number of hydrogen-bond acceptors (Lipinski definition) is 2. The summed E-state index contributed by atoms with van der Waals surface area (Å²) in [6.45, 7) is 6.44. The van der Waals surface area contributed by atoms with Gasteiger partial charge in [-0.15, -0.1) is 0 Å². The highest BCUT2D eigenvalue weighted by molar-refractivity contribution is 5.81. The van der Waals surface area contributed by atoms with Gasteiger partial charge < -0.3 is 10.2 Å². The van der Waals surface area contributed by atoms with Crippen molar-refractivity contribution < 1.29 is 4.42 Å². The number of hydrogen-bond donors (Lipinski definition) is 1. The van der Waals surface area contributed by atoms with Gasteiger partial charge in [0.25, 0.3) is 0 Å². The van der Waals surface area contributed by atoms with E-state index >= 15 is 0 Å². The molecule has 1 unspecified atom stereocenters. The molecule has 86 valence electrons. The first-order valence-corrected chi connectivity index (χ1v) is 5.82. The summed E-state index contributed by atoms with van der Waals surface area (Å²) in [4.78, 5) is 0. The molecule has 0 spiro atoms. The number of aryl methyl sites for hydroxylation is 1. The van der Waals surface area contributed by atoms with Crippen LogP contribution in [-0.4, -0.2) is 0 Å². The maximum absolute atomic E-state index is 6.12. The minimum atomic E-state index is 0.00630. The summed E-state index contributed by atoms with van der Waals surface area (Å²) >= 11 is 0. The highest BCUT2D eigenvalue weighted by Gasteiger charge is 2.14. The lowest BCUT2D eigenvalue weighted by molar-refractivity contribution is 0.431. The van der Waals surface area contributed by atoms with Gasteiger partial charge in [0.1, 0.15) is 11.3 Å². The molecule has 0 aliphatic heterocycles. The predicted molar refractivity (Wildman–Crippen MR) is 67.3 cm³/mol. The van der Waals surface area contributed by atoms with Gasteiger partial charge in [-0.1, -0.05) is 26.0 Å². The predicted octanol–water partition coefficient (Wildman–Crippen LogP) is 3.79. The van der Waals surface area contributed by atoms with Gasteiger partial charge in [0.05, 0.1) is 6.04 Å². The molecule has 16 heavy (non-hydrogen) atoms. The lowest BCUT2D eigenvalue weighted by atomic mass is 10.0. The Labute approximate surface area is 96.4 Å². The van der Waals surface area contributed by atoms with E-state index in [4.69, 9.17) is 10.2 Å². The standard InChI is InChI=1S/C14H19NO/c1-9(2)7-12(15)14-8-11-10(3)5-4-6-13(11)16-14/h4-6,8-9,12H,7,15H2,1-3H3. The van der Waals surface area contributed by atoms with E-state index in [-0.39, 0.29) is 6.04 Å². The van der Waals surface area contributed by atoms with Crippen molar-refractivity contribution in [1.82, 2.24) is 0 Å². The van der Waals surface area contributed by atoms with Crippen LogP contribution in [0.1, 0.15) is 37.6 Å². The van der Waals surface area contributed by atoms with Gasteiger partial charge in [-0.25, -0.2) is 0 Å². The van der Waals surface area contributed by atoms with Crippen LogP contribution in [0, 0.1) is 12.8 Å². The molecule has 1 atom stereocenters. The molecule has 2 nitrogen and oxygen atoms in total. The van der Waals surface area contributed by atoms with Crippen LogP contribution in [0.4, 0.5) is 0 Å². The van der Waals surface area contributed by atoms with E-state index in [1.54, 1.807) is 0 Å². The summed E-state index contributed by atoms with van der Waals surface area (Å²) in [5.74, 6) is 1.49. The molecule has 1 heterocycles. The quantitative estimate of drug-likeness (QED) is 0.849. The number of benzene rings is 1. The maximum atomic E-state index is 6.12. The molecule has 0 amide bonds. The summed E-state index contributed by atoms with van der Waals surface area (Å²) in [7, 11) is 0. The van der Waals surface area contributed by atoms with E-state index < -0.39 is 0 Å². The zero-order valence-corrected chi connectivity index (χ0v) is 10.2. The van der Waals surface area contributed by atoms with Gasteiger partial charge in [-0.3, -0.25) is 0 Å². The molecule has 0 bridgehead atoms. The van der Waals surface area contributed by atoms with Gasteiger partial charge >= 0.3 is 0 Å². The zero-order valence-electron chi connectivity index (χ0n) is 10.2. The first-order chi connectivity index (χ1) is 7.58. The van der Waals surface area contributed by atoms with Crippen molar-refractivity contribution in [2.24, 2.45) is 11.7 Å². The molecule has 0 saturated heterocycles. The van der Waals surface area contributed by atoms with Crippen molar-refractivity contribution >= 4 is 11.0 Å². The van der Waals surface area contributed by atoms with E-state index in [2.05, 4.69) is 32.9 Å². The van der Waals surface area contributed by atoms with Gasteiger partial charge in [0.15, 0.2) is 0 Å². The second-order valence-electron chi connectivity index (χ2n) is 4.87. The lowest BCUT2D eigenvalue weighted by Gasteiger charge is -2.10. The van der Waals surface area contributed by atoms with E-state index in [9.17, 15) is 0 Å².